The van der Waals surface area contributed by atoms with Crippen LogP contribution in [-0.4, -0.2) is 20.2 Å². The fourth-order valence-corrected chi connectivity index (χ4v) is 3.55. The number of sulfonamides is 1. The second-order valence-electron chi connectivity index (χ2n) is 5.31. The quantitative estimate of drug-likeness (QED) is 0.875. The molecule has 3 rings (SSSR count). The molecule has 0 unspecified atom stereocenters. The maximum absolute atomic E-state index is 12.3. The van der Waals surface area contributed by atoms with Gasteiger partial charge in [-0.2, -0.15) is 0 Å². The average Bonchev–Trinajstić information content (AvgIpc) is 2.90. The van der Waals surface area contributed by atoms with Crippen LogP contribution in [-0.2, 0) is 16.4 Å². The van der Waals surface area contributed by atoms with E-state index in [1.54, 1.807) is 24.3 Å². The number of anilines is 1. The van der Waals surface area contributed by atoms with E-state index in [-0.39, 0.29) is 10.7 Å². The zero-order valence-corrected chi connectivity index (χ0v) is 13.9. The van der Waals surface area contributed by atoms with E-state index >= 15 is 0 Å². The topological polar surface area (TPSA) is 92.3 Å². The summed E-state index contributed by atoms with van der Waals surface area (Å²) in [5.41, 5.74) is 1.63. The number of fused-ring (bicyclic) bond motifs is 1. The van der Waals surface area contributed by atoms with Gasteiger partial charge < -0.3 is 5.32 Å². The lowest BCUT2D eigenvalue weighted by Gasteiger charge is -2.09. The molecule has 0 bridgehead atoms. The lowest BCUT2D eigenvalue weighted by atomic mass is 10.1. The maximum Gasteiger partial charge on any atom is 0.333 e. The molecular formula is C16H13ClN2O4S. The van der Waals surface area contributed by atoms with Gasteiger partial charge in [-0.05, 0) is 54.4 Å². The highest BCUT2D eigenvalue weighted by Gasteiger charge is 2.24. The Bertz CT molecular complexity index is 924. The molecule has 2 N–H and O–H groups in total. The molecule has 2 aromatic carbocycles. The van der Waals surface area contributed by atoms with Crippen LogP contribution in [0.2, 0.25) is 5.02 Å². The number of rotatable bonds is 3. The molecule has 124 valence electrons. The van der Waals surface area contributed by atoms with E-state index in [2.05, 4.69) is 5.32 Å². The molecule has 2 amide bonds. The number of carbonyl (C=O) groups excluding carboxylic acids is 2. The predicted molar refractivity (Wildman–Crippen MR) is 89.9 cm³/mol. The molecule has 24 heavy (non-hydrogen) atoms. The second-order valence-corrected chi connectivity index (χ2v) is 7.43. The summed E-state index contributed by atoms with van der Waals surface area (Å²) in [5, 5.41) is 2.91. The Balaban J connectivity index is 1.75. The van der Waals surface area contributed by atoms with Crippen molar-refractivity contribution in [2.45, 2.75) is 17.7 Å². The van der Waals surface area contributed by atoms with E-state index in [0.29, 0.717) is 34.7 Å². The highest BCUT2D eigenvalue weighted by Crippen LogP contribution is 2.24. The summed E-state index contributed by atoms with van der Waals surface area (Å²) in [7, 11) is -4.03. The van der Waals surface area contributed by atoms with Crippen molar-refractivity contribution in [3.63, 3.8) is 0 Å². The molecule has 0 heterocycles. The summed E-state index contributed by atoms with van der Waals surface area (Å²) in [4.78, 5) is 23.4. The Morgan fingerprint density at radius 1 is 1.04 bits per heavy atom. The number of hydrogen-bond acceptors (Lipinski definition) is 4. The highest BCUT2D eigenvalue weighted by atomic mass is 35.5. The smallest absolute Gasteiger partial charge is 0.307 e. The SMILES string of the molecule is O=C(Nc1ccc(Cl)cc1)NS(=O)(=O)c1ccc2c(c1)CCC2=O. The van der Waals surface area contributed by atoms with Crippen LogP contribution < -0.4 is 10.0 Å². The maximum atomic E-state index is 12.3. The van der Waals surface area contributed by atoms with E-state index in [4.69, 9.17) is 11.6 Å². The fraction of sp³-hybridized carbons (Fsp3) is 0.125. The van der Waals surface area contributed by atoms with Crippen LogP contribution in [0.5, 0.6) is 0 Å². The van der Waals surface area contributed by atoms with Gasteiger partial charge in [-0.15, -0.1) is 0 Å². The molecule has 0 saturated heterocycles. The average molecular weight is 365 g/mol. The van der Waals surface area contributed by atoms with Crippen LogP contribution >= 0.6 is 11.6 Å². The van der Waals surface area contributed by atoms with Gasteiger partial charge >= 0.3 is 6.03 Å². The molecule has 0 aromatic heterocycles. The Labute approximate surface area is 143 Å². The number of ketones is 1. The third-order valence-electron chi connectivity index (χ3n) is 3.64. The van der Waals surface area contributed by atoms with Crippen molar-refractivity contribution in [2.24, 2.45) is 0 Å². The molecule has 0 aliphatic heterocycles. The lowest BCUT2D eigenvalue weighted by Crippen LogP contribution is -2.34. The van der Waals surface area contributed by atoms with Crippen molar-refractivity contribution in [2.75, 3.05) is 5.32 Å². The lowest BCUT2D eigenvalue weighted by molar-refractivity contribution is 0.0994. The van der Waals surface area contributed by atoms with Crippen molar-refractivity contribution < 1.29 is 18.0 Å². The van der Waals surface area contributed by atoms with Crippen molar-refractivity contribution >= 4 is 39.1 Å². The first-order chi connectivity index (χ1) is 11.3. The Hall–Kier alpha value is -2.38. The number of urea groups is 1. The number of aryl methyl sites for hydroxylation is 1. The van der Waals surface area contributed by atoms with E-state index < -0.39 is 16.1 Å². The van der Waals surface area contributed by atoms with E-state index in [0.717, 1.165) is 0 Å². The third-order valence-corrected chi connectivity index (χ3v) is 5.22. The van der Waals surface area contributed by atoms with Gasteiger partial charge in [-0.3, -0.25) is 4.79 Å². The molecule has 1 aliphatic rings. The summed E-state index contributed by atoms with van der Waals surface area (Å²) < 4.78 is 26.5. The summed E-state index contributed by atoms with van der Waals surface area (Å²) in [6.45, 7) is 0. The molecule has 2 aromatic rings. The molecule has 0 spiro atoms. The number of benzene rings is 2. The zero-order chi connectivity index (χ0) is 17.3. The van der Waals surface area contributed by atoms with Crippen LogP contribution in [0.3, 0.4) is 0 Å². The van der Waals surface area contributed by atoms with Crippen LogP contribution in [0.25, 0.3) is 0 Å². The molecular weight excluding hydrogens is 352 g/mol. The summed E-state index contributed by atoms with van der Waals surface area (Å²) in [5.74, 6) is 0.00221. The van der Waals surface area contributed by atoms with Crippen molar-refractivity contribution in [1.82, 2.24) is 4.72 Å². The van der Waals surface area contributed by atoms with Gasteiger partial charge in [0.1, 0.15) is 0 Å². The molecule has 0 radical (unpaired) electrons. The Morgan fingerprint density at radius 2 is 1.75 bits per heavy atom. The largest absolute Gasteiger partial charge is 0.333 e. The normalized spacial score (nSPS) is 13.5. The first-order valence-corrected chi connectivity index (χ1v) is 8.97. The minimum atomic E-state index is -4.03. The summed E-state index contributed by atoms with van der Waals surface area (Å²) >= 11 is 5.74. The van der Waals surface area contributed by atoms with Gasteiger partial charge in [0.2, 0.25) is 0 Å². The van der Waals surface area contributed by atoms with Crippen LogP contribution in [0.15, 0.2) is 47.4 Å². The van der Waals surface area contributed by atoms with Gasteiger partial charge in [0.15, 0.2) is 5.78 Å². The monoisotopic (exact) mass is 364 g/mol. The standard InChI is InChI=1S/C16H13ClN2O4S/c17-11-2-4-12(5-3-11)18-16(21)19-24(22,23)13-6-7-14-10(9-13)1-8-15(14)20/h2-7,9H,1,8H2,(H2,18,19,21). The van der Waals surface area contributed by atoms with Gasteiger partial charge in [0.25, 0.3) is 10.0 Å². The number of halogens is 1. The molecule has 1 aliphatic carbocycles. The number of hydrogen-bond donors (Lipinski definition) is 2. The van der Waals surface area contributed by atoms with E-state index in [1.165, 1.54) is 18.2 Å². The van der Waals surface area contributed by atoms with Crippen LogP contribution in [0.1, 0.15) is 22.3 Å². The molecule has 0 fully saturated rings. The fourth-order valence-electron chi connectivity index (χ4n) is 2.47. The van der Waals surface area contributed by atoms with Crippen molar-refractivity contribution in [1.29, 1.82) is 0 Å². The van der Waals surface area contributed by atoms with Crippen LogP contribution in [0, 0.1) is 0 Å². The first-order valence-electron chi connectivity index (χ1n) is 7.11. The third kappa shape index (κ3) is 3.42. The highest BCUT2D eigenvalue weighted by molar-refractivity contribution is 7.90. The molecule has 0 atom stereocenters. The summed E-state index contributed by atoms with van der Waals surface area (Å²) in [6.07, 6.45) is 0.887. The predicted octanol–water partition coefficient (Wildman–Crippen LogP) is 2.98. The van der Waals surface area contributed by atoms with E-state index in [1.807, 2.05) is 4.72 Å². The van der Waals surface area contributed by atoms with Gasteiger partial charge in [-0.1, -0.05) is 11.6 Å². The van der Waals surface area contributed by atoms with E-state index in [9.17, 15) is 18.0 Å². The number of carbonyl (C=O) groups is 2. The van der Waals surface area contributed by atoms with Crippen molar-refractivity contribution in [3.8, 4) is 0 Å². The minimum absolute atomic E-state index is 0.00221. The number of Topliss-reactive ketones (excluding diaryl/α,β-unsaturated/α-hetero) is 1. The number of amides is 2. The Morgan fingerprint density at radius 3 is 2.46 bits per heavy atom. The second kappa shape index (κ2) is 6.26. The zero-order valence-electron chi connectivity index (χ0n) is 12.4. The first kappa shape index (κ1) is 16.5. The minimum Gasteiger partial charge on any atom is -0.307 e. The molecule has 8 heteroatoms. The Kier molecular flexibility index (Phi) is 4.29. The molecule has 6 nitrogen and oxygen atoms in total. The molecule has 0 saturated carbocycles. The van der Waals surface area contributed by atoms with Gasteiger partial charge in [-0.25, -0.2) is 17.9 Å². The van der Waals surface area contributed by atoms with Gasteiger partial charge in [0.05, 0.1) is 4.90 Å². The summed E-state index contributed by atoms with van der Waals surface area (Å²) in [6, 6.07) is 9.60. The van der Waals surface area contributed by atoms with Gasteiger partial charge in [0, 0.05) is 22.7 Å². The number of nitrogens with one attached hydrogen (secondary N) is 2. The van der Waals surface area contributed by atoms with Crippen molar-refractivity contribution in [3.05, 3.63) is 58.6 Å². The van der Waals surface area contributed by atoms with Crippen LogP contribution in [0.4, 0.5) is 10.5 Å².